The third kappa shape index (κ3) is 4.22. The number of hydrogen-bond donors (Lipinski definition) is 2. The molecule has 3 aromatic rings. The van der Waals surface area contributed by atoms with Gasteiger partial charge in [-0.05, 0) is 43.2 Å². The van der Waals surface area contributed by atoms with Gasteiger partial charge in [-0.15, -0.1) is 0 Å². The average Bonchev–Trinajstić information content (AvgIpc) is 2.61. The SMILES string of the molecule is Cc1ccc(Nc2ncc(C(=O)Nc3ccccc3C)cn2)cc1Br. The van der Waals surface area contributed by atoms with Crippen molar-refractivity contribution in [1.82, 2.24) is 9.97 Å². The van der Waals surface area contributed by atoms with E-state index in [1.807, 2.05) is 56.3 Å². The van der Waals surface area contributed by atoms with Crippen LogP contribution in [0.2, 0.25) is 0 Å². The molecule has 0 atom stereocenters. The number of aryl methyl sites for hydroxylation is 2. The predicted molar refractivity (Wildman–Crippen MR) is 103 cm³/mol. The van der Waals surface area contributed by atoms with Crippen molar-refractivity contribution in [1.29, 1.82) is 0 Å². The minimum absolute atomic E-state index is 0.237. The molecule has 1 amide bonds. The number of anilines is 3. The van der Waals surface area contributed by atoms with Crippen LogP contribution in [0.1, 0.15) is 21.5 Å². The number of nitrogens with one attached hydrogen (secondary N) is 2. The number of carbonyl (C=O) groups is 1. The molecule has 3 rings (SSSR count). The van der Waals surface area contributed by atoms with Gasteiger partial charge in [-0.3, -0.25) is 4.79 Å². The van der Waals surface area contributed by atoms with Crippen LogP contribution in [0.4, 0.5) is 17.3 Å². The third-order valence-electron chi connectivity index (χ3n) is 3.74. The molecule has 0 fully saturated rings. The van der Waals surface area contributed by atoms with Crippen LogP contribution < -0.4 is 10.6 Å². The lowest BCUT2D eigenvalue weighted by atomic mass is 10.2. The quantitative estimate of drug-likeness (QED) is 0.661. The number of aromatic nitrogens is 2. The number of amides is 1. The van der Waals surface area contributed by atoms with Crippen molar-refractivity contribution < 1.29 is 4.79 Å². The Morgan fingerprint density at radius 3 is 2.40 bits per heavy atom. The lowest BCUT2D eigenvalue weighted by Crippen LogP contribution is -2.13. The largest absolute Gasteiger partial charge is 0.324 e. The first-order valence-corrected chi connectivity index (χ1v) is 8.54. The van der Waals surface area contributed by atoms with Gasteiger partial charge < -0.3 is 10.6 Å². The van der Waals surface area contributed by atoms with Crippen molar-refractivity contribution in [2.24, 2.45) is 0 Å². The van der Waals surface area contributed by atoms with Crippen molar-refractivity contribution in [2.75, 3.05) is 10.6 Å². The Hall–Kier alpha value is -2.73. The molecule has 0 unspecified atom stereocenters. The summed E-state index contributed by atoms with van der Waals surface area (Å²) in [7, 11) is 0. The summed E-state index contributed by atoms with van der Waals surface area (Å²) in [5.74, 6) is 0.196. The van der Waals surface area contributed by atoms with Gasteiger partial charge in [0.25, 0.3) is 5.91 Å². The van der Waals surface area contributed by atoms with Gasteiger partial charge in [0, 0.05) is 28.2 Å². The summed E-state index contributed by atoms with van der Waals surface area (Å²) >= 11 is 3.49. The van der Waals surface area contributed by atoms with Gasteiger partial charge in [0.05, 0.1) is 5.56 Å². The van der Waals surface area contributed by atoms with Crippen LogP contribution in [-0.4, -0.2) is 15.9 Å². The third-order valence-corrected chi connectivity index (χ3v) is 4.59. The number of halogens is 1. The molecule has 1 heterocycles. The van der Waals surface area contributed by atoms with E-state index in [1.165, 1.54) is 12.4 Å². The van der Waals surface area contributed by atoms with E-state index in [-0.39, 0.29) is 5.91 Å². The Labute approximate surface area is 154 Å². The van der Waals surface area contributed by atoms with Crippen LogP contribution in [0.15, 0.2) is 59.3 Å². The summed E-state index contributed by atoms with van der Waals surface area (Å²) in [5.41, 5.74) is 4.20. The molecule has 0 aliphatic rings. The highest BCUT2D eigenvalue weighted by Crippen LogP contribution is 2.22. The normalized spacial score (nSPS) is 10.4. The molecular formula is C19H17BrN4O. The molecule has 6 heteroatoms. The molecule has 0 saturated carbocycles. The number of benzene rings is 2. The minimum atomic E-state index is -0.237. The van der Waals surface area contributed by atoms with E-state index in [9.17, 15) is 4.79 Å². The maximum atomic E-state index is 12.3. The fourth-order valence-corrected chi connectivity index (χ4v) is 2.60. The molecule has 0 radical (unpaired) electrons. The first kappa shape index (κ1) is 17.1. The zero-order chi connectivity index (χ0) is 17.8. The second-order valence-electron chi connectivity index (χ2n) is 5.65. The number of carbonyl (C=O) groups excluding carboxylic acids is 1. The van der Waals surface area contributed by atoms with E-state index >= 15 is 0 Å². The summed E-state index contributed by atoms with van der Waals surface area (Å²) in [6.07, 6.45) is 3.01. The van der Waals surface area contributed by atoms with E-state index in [1.54, 1.807) is 0 Å². The fraction of sp³-hybridized carbons (Fsp3) is 0.105. The number of hydrogen-bond acceptors (Lipinski definition) is 4. The van der Waals surface area contributed by atoms with Crippen molar-refractivity contribution >= 4 is 39.2 Å². The highest BCUT2D eigenvalue weighted by Gasteiger charge is 2.09. The molecule has 1 aromatic heterocycles. The van der Waals surface area contributed by atoms with E-state index in [4.69, 9.17) is 0 Å². The lowest BCUT2D eigenvalue weighted by molar-refractivity contribution is 0.102. The van der Waals surface area contributed by atoms with E-state index in [0.717, 1.165) is 27.0 Å². The summed E-state index contributed by atoms with van der Waals surface area (Å²) in [6.45, 7) is 3.96. The zero-order valence-corrected chi connectivity index (χ0v) is 15.5. The summed E-state index contributed by atoms with van der Waals surface area (Å²) < 4.78 is 1.01. The topological polar surface area (TPSA) is 66.9 Å². The van der Waals surface area contributed by atoms with E-state index in [0.29, 0.717) is 11.5 Å². The maximum Gasteiger partial charge on any atom is 0.258 e. The molecule has 0 bridgehead atoms. The highest BCUT2D eigenvalue weighted by atomic mass is 79.9. The smallest absolute Gasteiger partial charge is 0.258 e. The van der Waals surface area contributed by atoms with Gasteiger partial charge in [-0.25, -0.2) is 9.97 Å². The van der Waals surface area contributed by atoms with Gasteiger partial charge in [0.1, 0.15) is 0 Å². The Morgan fingerprint density at radius 1 is 1.00 bits per heavy atom. The average molecular weight is 397 g/mol. The summed E-state index contributed by atoms with van der Waals surface area (Å²) in [4.78, 5) is 20.7. The number of nitrogens with zero attached hydrogens (tertiary/aromatic N) is 2. The van der Waals surface area contributed by atoms with E-state index in [2.05, 4.69) is 36.5 Å². The van der Waals surface area contributed by atoms with Crippen LogP contribution in [0.25, 0.3) is 0 Å². The van der Waals surface area contributed by atoms with Crippen LogP contribution in [0.3, 0.4) is 0 Å². The number of rotatable bonds is 4. The molecule has 2 N–H and O–H groups in total. The van der Waals surface area contributed by atoms with Gasteiger partial charge in [-0.1, -0.05) is 40.2 Å². The van der Waals surface area contributed by atoms with Crippen molar-refractivity contribution in [3.63, 3.8) is 0 Å². The molecular weight excluding hydrogens is 380 g/mol. The fourth-order valence-electron chi connectivity index (χ4n) is 2.22. The van der Waals surface area contributed by atoms with Gasteiger partial charge in [-0.2, -0.15) is 0 Å². The maximum absolute atomic E-state index is 12.3. The zero-order valence-electron chi connectivity index (χ0n) is 13.9. The minimum Gasteiger partial charge on any atom is -0.324 e. The Morgan fingerprint density at radius 2 is 1.72 bits per heavy atom. The van der Waals surface area contributed by atoms with Crippen LogP contribution in [0.5, 0.6) is 0 Å². The number of para-hydroxylation sites is 1. The van der Waals surface area contributed by atoms with Crippen molar-refractivity contribution in [3.05, 3.63) is 76.0 Å². The second-order valence-corrected chi connectivity index (χ2v) is 6.51. The Kier molecular flexibility index (Phi) is 5.09. The lowest BCUT2D eigenvalue weighted by Gasteiger charge is -2.09. The standard InChI is InChI=1S/C19H17BrN4O/c1-12-7-8-15(9-16(12)20)23-19-21-10-14(11-22-19)18(25)24-17-6-4-3-5-13(17)2/h3-11H,1-2H3,(H,24,25)(H,21,22,23). The van der Waals surface area contributed by atoms with E-state index < -0.39 is 0 Å². The van der Waals surface area contributed by atoms with Gasteiger partial charge in [0.15, 0.2) is 0 Å². The Bertz CT molecular complexity index is 910. The molecule has 5 nitrogen and oxygen atoms in total. The first-order chi connectivity index (χ1) is 12.0. The monoisotopic (exact) mass is 396 g/mol. The predicted octanol–water partition coefficient (Wildman–Crippen LogP) is 4.85. The van der Waals surface area contributed by atoms with Crippen LogP contribution in [-0.2, 0) is 0 Å². The van der Waals surface area contributed by atoms with Crippen LogP contribution >= 0.6 is 15.9 Å². The summed E-state index contributed by atoms with van der Waals surface area (Å²) in [5, 5.41) is 5.98. The molecule has 0 spiro atoms. The summed E-state index contributed by atoms with van der Waals surface area (Å²) in [6, 6.07) is 13.5. The molecule has 2 aromatic carbocycles. The second kappa shape index (κ2) is 7.44. The van der Waals surface area contributed by atoms with Crippen LogP contribution in [0, 0.1) is 13.8 Å². The van der Waals surface area contributed by atoms with Gasteiger partial charge >= 0.3 is 0 Å². The Balaban J connectivity index is 1.70. The molecule has 25 heavy (non-hydrogen) atoms. The van der Waals surface area contributed by atoms with Crippen molar-refractivity contribution in [3.8, 4) is 0 Å². The molecule has 0 saturated heterocycles. The molecule has 126 valence electrons. The molecule has 0 aliphatic carbocycles. The first-order valence-electron chi connectivity index (χ1n) is 7.75. The van der Waals surface area contributed by atoms with Gasteiger partial charge in [0.2, 0.25) is 5.95 Å². The van der Waals surface area contributed by atoms with Crippen molar-refractivity contribution in [2.45, 2.75) is 13.8 Å². The highest BCUT2D eigenvalue weighted by molar-refractivity contribution is 9.10. The molecule has 0 aliphatic heterocycles.